The summed E-state index contributed by atoms with van der Waals surface area (Å²) in [4.78, 5) is 5.02. The second-order valence-electron chi connectivity index (χ2n) is 6.55. The smallest absolute Gasteiger partial charge is 0.0308 e. The molecule has 1 aliphatic heterocycles. The molecular weight excluding hydrogens is 222 g/mol. The molecule has 0 aromatic heterocycles. The Hall–Kier alpha value is -0.120. The standard InChI is InChI=1S/C15H31N3/c1-17(2)11-7-13-18-12-6-10-16-15(14-18)8-4-3-5-9-15/h16H,3-14H2,1-2H3. The van der Waals surface area contributed by atoms with Gasteiger partial charge in [-0.3, -0.25) is 0 Å². The van der Waals surface area contributed by atoms with Crippen LogP contribution < -0.4 is 5.32 Å². The monoisotopic (exact) mass is 253 g/mol. The number of hydrogen-bond acceptors (Lipinski definition) is 3. The highest BCUT2D eigenvalue weighted by atomic mass is 15.2. The van der Waals surface area contributed by atoms with Crippen LogP contribution in [0.15, 0.2) is 0 Å². The zero-order chi connectivity index (χ0) is 12.8. The molecule has 2 fully saturated rings. The van der Waals surface area contributed by atoms with E-state index in [9.17, 15) is 0 Å². The Morgan fingerprint density at radius 2 is 1.89 bits per heavy atom. The average Bonchev–Trinajstić information content (AvgIpc) is 2.53. The molecule has 0 aromatic rings. The minimum Gasteiger partial charge on any atom is -0.310 e. The van der Waals surface area contributed by atoms with Crippen LogP contribution in [0.3, 0.4) is 0 Å². The van der Waals surface area contributed by atoms with Gasteiger partial charge >= 0.3 is 0 Å². The van der Waals surface area contributed by atoms with Crippen LogP contribution in [0.2, 0.25) is 0 Å². The maximum atomic E-state index is 3.87. The van der Waals surface area contributed by atoms with Gasteiger partial charge in [0.25, 0.3) is 0 Å². The minimum atomic E-state index is 0.465. The summed E-state index contributed by atoms with van der Waals surface area (Å²) in [5, 5.41) is 3.87. The van der Waals surface area contributed by atoms with Crippen LogP contribution in [-0.2, 0) is 0 Å². The Labute approximate surface area is 113 Å². The molecule has 0 aromatic carbocycles. The Kier molecular flexibility index (Phi) is 5.46. The van der Waals surface area contributed by atoms with Crippen LogP contribution in [0.5, 0.6) is 0 Å². The Balaban J connectivity index is 1.82. The maximum absolute atomic E-state index is 3.87. The lowest BCUT2D eigenvalue weighted by Gasteiger charge is -2.40. The summed E-state index contributed by atoms with van der Waals surface area (Å²) < 4.78 is 0. The molecule has 18 heavy (non-hydrogen) atoms. The quantitative estimate of drug-likeness (QED) is 0.826. The zero-order valence-electron chi connectivity index (χ0n) is 12.4. The van der Waals surface area contributed by atoms with Crippen molar-refractivity contribution in [3.63, 3.8) is 0 Å². The van der Waals surface area contributed by atoms with Gasteiger partial charge in [0, 0.05) is 12.1 Å². The van der Waals surface area contributed by atoms with Crippen LogP contribution in [-0.4, -0.2) is 62.2 Å². The molecule has 1 saturated heterocycles. The topological polar surface area (TPSA) is 18.5 Å². The highest BCUT2D eigenvalue weighted by Gasteiger charge is 2.34. The molecule has 0 atom stereocenters. The first-order valence-electron chi connectivity index (χ1n) is 7.82. The van der Waals surface area contributed by atoms with Crippen LogP contribution in [0.25, 0.3) is 0 Å². The van der Waals surface area contributed by atoms with Crippen molar-refractivity contribution in [2.24, 2.45) is 0 Å². The van der Waals surface area contributed by atoms with Crippen molar-refractivity contribution in [2.45, 2.75) is 50.5 Å². The number of nitrogens with zero attached hydrogens (tertiary/aromatic N) is 2. The predicted octanol–water partition coefficient (Wildman–Crippen LogP) is 1.94. The SMILES string of the molecule is CN(C)CCCN1CCCNC2(CCCCC2)C1. The maximum Gasteiger partial charge on any atom is 0.0308 e. The van der Waals surface area contributed by atoms with Gasteiger partial charge < -0.3 is 15.1 Å². The summed E-state index contributed by atoms with van der Waals surface area (Å²) in [7, 11) is 4.35. The Bertz CT molecular complexity index is 234. The number of hydrogen-bond donors (Lipinski definition) is 1. The Morgan fingerprint density at radius 1 is 1.11 bits per heavy atom. The number of rotatable bonds is 4. The van der Waals surface area contributed by atoms with Crippen molar-refractivity contribution in [3.05, 3.63) is 0 Å². The van der Waals surface area contributed by atoms with Gasteiger partial charge in [-0.05, 0) is 66.0 Å². The molecule has 1 aliphatic carbocycles. The van der Waals surface area contributed by atoms with E-state index in [1.165, 1.54) is 77.7 Å². The lowest BCUT2D eigenvalue weighted by molar-refractivity contribution is 0.160. The fraction of sp³-hybridized carbons (Fsp3) is 1.00. The molecule has 0 amide bonds. The minimum absolute atomic E-state index is 0.465. The van der Waals surface area contributed by atoms with E-state index in [4.69, 9.17) is 0 Å². The van der Waals surface area contributed by atoms with E-state index in [0.29, 0.717) is 5.54 Å². The molecule has 1 spiro atoms. The summed E-state index contributed by atoms with van der Waals surface area (Å²) in [5.41, 5.74) is 0.465. The van der Waals surface area contributed by atoms with Crippen LogP contribution in [0.1, 0.15) is 44.9 Å². The van der Waals surface area contributed by atoms with Gasteiger partial charge in [0.15, 0.2) is 0 Å². The van der Waals surface area contributed by atoms with Crippen molar-refractivity contribution >= 4 is 0 Å². The fourth-order valence-corrected chi connectivity index (χ4v) is 3.58. The summed E-state index contributed by atoms with van der Waals surface area (Å²) in [5.74, 6) is 0. The zero-order valence-corrected chi connectivity index (χ0v) is 12.4. The molecule has 1 N–H and O–H groups in total. The first-order chi connectivity index (χ1) is 8.70. The molecule has 0 unspecified atom stereocenters. The van der Waals surface area contributed by atoms with E-state index in [-0.39, 0.29) is 0 Å². The third-order valence-electron chi connectivity index (χ3n) is 4.57. The van der Waals surface area contributed by atoms with Gasteiger partial charge in [0.2, 0.25) is 0 Å². The molecule has 106 valence electrons. The lowest BCUT2D eigenvalue weighted by atomic mass is 9.81. The molecular formula is C15H31N3. The fourth-order valence-electron chi connectivity index (χ4n) is 3.58. The van der Waals surface area contributed by atoms with Gasteiger partial charge in [0.05, 0.1) is 0 Å². The van der Waals surface area contributed by atoms with E-state index >= 15 is 0 Å². The molecule has 2 rings (SSSR count). The van der Waals surface area contributed by atoms with E-state index in [2.05, 4.69) is 29.2 Å². The molecule has 3 nitrogen and oxygen atoms in total. The largest absolute Gasteiger partial charge is 0.310 e. The van der Waals surface area contributed by atoms with Crippen LogP contribution in [0.4, 0.5) is 0 Å². The van der Waals surface area contributed by atoms with Crippen molar-refractivity contribution in [1.29, 1.82) is 0 Å². The van der Waals surface area contributed by atoms with Gasteiger partial charge in [-0.25, -0.2) is 0 Å². The van der Waals surface area contributed by atoms with Gasteiger partial charge in [0.1, 0.15) is 0 Å². The summed E-state index contributed by atoms with van der Waals surface area (Å²) in [6.07, 6.45) is 9.74. The van der Waals surface area contributed by atoms with Crippen LogP contribution in [0, 0.1) is 0 Å². The predicted molar refractivity (Wildman–Crippen MR) is 78.0 cm³/mol. The van der Waals surface area contributed by atoms with Gasteiger partial charge in [-0.1, -0.05) is 19.3 Å². The molecule has 1 saturated carbocycles. The van der Waals surface area contributed by atoms with Crippen molar-refractivity contribution in [3.8, 4) is 0 Å². The van der Waals surface area contributed by atoms with E-state index in [1.54, 1.807) is 0 Å². The summed E-state index contributed by atoms with van der Waals surface area (Å²) in [6.45, 7) is 6.31. The summed E-state index contributed by atoms with van der Waals surface area (Å²) in [6, 6.07) is 0. The second-order valence-corrected chi connectivity index (χ2v) is 6.55. The van der Waals surface area contributed by atoms with E-state index < -0.39 is 0 Å². The van der Waals surface area contributed by atoms with E-state index in [0.717, 1.165) is 0 Å². The Morgan fingerprint density at radius 3 is 2.61 bits per heavy atom. The van der Waals surface area contributed by atoms with Gasteiger partial charge in [-0.15, -0.1) is 0 Å². The van der Waals surface area contributed by atoms with Crippen molar-refractivity contribution in [1.82, 2.24) is 15.1 Å². The first kappa shape index (κ1) is 14.3. The molecule has 1 heterocycles. The van der Waals surface area contributed by atoms with Crippen LogP contribution >= 0.6 is 0 Å². The molecule has 0 radical (unpaired) electrons. The third-order valence-corrected chi connectivity index (χ3v) is 4.57. The normalized spacial score (nSPS) is 25.5. The summed E-state index contributed by atoms with van der Waals surface area (Å²) >= 11 is 0. The van der Waals surface area contributed by atoms with Gasteiger partial charge in [-0.2, -0.15) is 0 Å². The van der Waals surface area contributed by atoms with E-state index in [1.807, 2.05) is 0 Å². The first-order valence-corrected chi connectivity index (χ1v) is 7.82. The van der Waals surface area contributed by atoms with Crippen molar-refractivity contribution < 1.29 is 0 Å². The third kappa shape index (κ3) is 4.22. The molecule has 2 aliphatic rings. The highest BCUT2D eigenvalue weighted by Crippen LogP contribution is 2.30. The highest BCUT2D eigenvalue weighted by molar-refractivity contribution is 4.95. The molecule has 0 bridgehead atoms. The second kappa shape index (κ2) is 6.88. The average molecular weight is 253 g/mol. The van der Waals surface area contributed by atoms with Crippen molar-refractivity contribution in [2.75, 3.05) is 46.8 Å². The number of nitrogens with one attached hydrogen (secondary N) is 1. The molecule has 3 heteroatoms. The lowest BCUT2D eigenvalue weighted by Crippen LogP contribution is -2.52.